The van der Waals surface area contributed by atoms with Crippen molar-refractivity contribution >= 4 is 33.4 Å². The molecule has 1 aromatic heterocycles. The lowest BCUT2D eigenvalue weighted by Gasteiger charge is -2.23. The molecule has 0 fully saturated rings. The maximum absolute atomic E-state index is 12.9. The summed E-state index contributed by atoms with van der Waals surface area (Å²) in [4.78, 5) is 12.9. The summed E-state index contributed by atoms with van der Waals surface area (Å²) in [5.74, 6) is 0.606. The summed E-state index contributed by atoms with van der Waals surface area (Å²) in [7, 11) is 0. The van der Waals surface area contributed by atoms with Crippen LogP contribution in [0, 0.1) is 0 Å². The molecule has 5 rings (SSSR count). The Hall–Kier alpha value is -3.07. The number of rotatable bonds is 0. The highest BCUT2D eigenvalue weighted by molar-refractivity contribution is 5.97. The first-order valence-corrected chi connectivity index (χ1v) is 7.52. The SMILES string of the molecule is O=c1c2c(oc3cc4ccccc4cc13)C1=CC=COC1C=C2. The third-order valence-electron chi connectivity index (χ3n) is 4.38. The van der Waals surface area contributed by atoms with Crippen molar-refractivity contribution in [3.05, 3.63) is 82.4 Å². The predicted octanol–water partition coefficient (Wildman–Crippen LogP) is 4.27. The predicted molar refractivity (Wildman–Crippen MR) is 91.0 cm³/mol. The van der Waals surface area contributed by atoms with E-state index in [-0.39, 0.29) is 11.5 Å². The molecule has 0 saturated heterocycles. The highest BCUT2D eigenvalue weighted by Crippen LogP contribution is 2.34. The van der Waals surface area contributed by atoms with Gasteiger partial charge in [0.25, 0.3) is 0 Å². The molecule has 1 unspecified atom stereocenters. The van der Waals surface area contributed by atoms with Gasteiger partial charge in [-0.3, -0.25) is 4.79 Å². The van der Waals surface area contributed by atoms with Crippen LogP contribution in [-0.2, 0) is 4.74 Å². The summed E-state index contributed by atoms with van der Waals surface area (Å²) in [6.45, 7) is 0. The number of ether oxygens (including phenoxy) is 1. The summed E-state index contributed by atoms with van der Waals surface area (Å²) in [6.07, 6.45) is 8.91. The van der Waals surface area contributed by atoms with Crippen LogP contribution in [0.5, 0.6) is 0 Å². The van der Waals surface area contributed by atoms with Crippen molar-refractivity contribution in [3.63, 3.8) is 0 Å². The van der Waals surface area contributed by atoms with Crippen LogP contribution in [-0.4, -0.2) is 6.10 Å². The lowest BCUT2D eigenvalue weighted by molar-refractivity contribution is 0.230. The van der Waals surface area contributed by atoms with Gasteiger partial charge in [-0.15, -0.1) is 0 Å². The Morgan fingerprint density at radius 2 is 1.87 bits per heavy atom. The van der Waals surface area contributed by atoms with E-state index in [1.807, 2.05) is 54.6 Å². The Balaban J connectivity index is 1.90. The Kier molecular flexibility index (Phi) is 2.42. The first-order chi connectivity index (χ1) is 11.3. The van der Waals surface area contributed by atoms with Crippen molar-refractivity contribution in [1.82, 2.24) is 0 Å². The molecule has 2 aromatic carbocycles. The van der Waals surface area contributed by atoms with Gasteiger partial charge in [-0.2, -0.15) is 0 Å². The van der Waals surface area contributed by atoms with Crippen LogP contribution in [0.3, 0.4) is 0 Å². The van der Waals surface area contributed by atoms with Crippen molar-refractivity contribution in [1.29, 1.82) is 0 Å². The summed E-state index contributed by atoms with van der Waals surface area (Å²) in [5.41, 5.74) is 2.08. The number of allylic oxidation sites excluding steroid dienone is 2. The summed E-state index contributed by atoms with van der Waals surface area (Å²) >= 11 is 0. The molecule has 0 spiro atoms. The molecule has 1 aliphatic carbocycles. The van der Waals surface area contributed by atoms with Gasteiger partial charge in [0.2, 0.25) is 5.43 Å². The monoisotopic (exact) mass is 300 g/mol. The van der Waals surface area contributed by atoms with E-state index < -0.39 is 0 Å². The molecule has 0 amide bonds. The van der Waals surface area contributed by atoms with Gasteiger partial charge in [0.05, 0.1) is 17.2 Å². The molecule has 23 heavy (non-hydrogen) atoms. The van der Waals surface area contributed by atoms with E-state index >= 15 is 0 Å². The molecule has 1 aliphatic heterocycles. The zero-order chi connectivity index (χ0) is 15.4. The lowest BCUT2D eigenvalue weighted by Crippen LogP contribution is -2.20. The molecule has 0 saturated carbocycles. The second-order valence-corrected chi connectivity index (χ2v) is 5.74. The third kappa shape index (κ3) is 1.73. The molecule has 0 bridgehead atoms. The van der Waals surface area contributed by atoms with Gasteiger partial charge in [0, 0.05) is 5.57 Å². The van der Waals surface area contributed by atoms with E-state index in [1.54, 1.807) is 12.3 Å². The standard InChI is InChI=1S/C20H12O3/c21-19-15-7-8-17-14(6-3-9-22-17)20(15)23-18-11-13-5-2-1-4-12(13)10-16(18)19/h1-11,17H. The molecule has 0 radical (unpaired) electrons. The quantitative estimate of drug-likeness (QED) is 0.582. The van der Waals surface area contributed by atoms with E-state index in [4.69, 9.17) is 9.15 Å². The molecule has 1 atom stereocenters. The zero-order valence-electron chi connectivity index (χ0n) is 12.2. The average molecular weight is 300 g/mol. The molecule has 3 aromatic rings. The topological polar surface area (TPSA) is 39.4 Å². The van der Waals surface area contributed by atoms with Crippen LogP contribution in [0.25, 0.3) is 33.4 Å². The minimum absolute atomic E-state index is 0.00263. The molecular weight excluding hydrogens is 288 g/mol. The smallest absolute Gasteiger partial charge is 0.200 e. The summed E-state index contributed by atoms with van der Waals surface area (Å²) < 4.78 is 11.7. The Bertz CT molecular complexity index is 1110. The Morgan fingerprint density at radius 1 is 1.04 bits per heavy atom. The van der Waals surface area contributed by atoms with Crippen LogP contribution >= 0.6 is 0 Å². The zero-order valence-corrected chi connectivity index (χ0v) is 12.2. The van der Waals surface area contributed by atoms with Crippen molar-refractivity contribution in [2.75, 3.05) is 0 Å². The summed E-state index contributed by atoms with van der Waals surface area (Å²) in [6, 6.07) is 11.8. The van der Waals surface area contributed by atoms with Crippen molar-refractivity contribution < 1.29 is 9.15 Å². The lowest BCUT2D eigenvalue weighted by atomic mass is 9.93. The van der Waals surface area contributed by atoms with E-state index in [1.165, 1.54) is 0 Å². The second-order valence-electron chi connectivity index (χ2n) is 5.74. The number of hydrogen-bond acceptors (Lipinski definition) is 3. The van der Waals surface area contributed by atoms with Gasteiger partial charge in [-0.05, 0) is 47.2 Å². The maximum atomic E-state index is 12.9. The normalized spacial score (nSPS) is 18.4. The van der Waals surface area contributed by atoms with Crippen LogP contribution in [0.2, 0.25) is 0 Å². The van der Waals surface area contributed by atoms with E-state index in [0.29, 0.717) is 22.3 Å². The van der Waals surface area contributed by atoms with Gasteiger partial charge in [0.1, 0.15) is 17.4 Å². The number of fused-ring (bicyclic) bond motifs is 5. The average Bonchev–Trinajstić information content (AvgIpc) is 2.60. The highest BCUT2D eigenvalue weighted by Gasteiger charge is 2.26. The van der Waals surface area contributed by atoms with Crippen molar-refractivity contribution in [2.24, 2.45) is 0 Å². The van der Waals surface area contributed by atoms with Crippen LogP contribution in [0.15, 0.2) is 70.1 Å². The minimum atomic E-state index is -0.187. The molecule has 2 aliphatic rings. The Labute approximate surface area is 131 Å². The van der Waals surface area contributed by atoms with Crippen molar-refractivity contribution in [2.45, 2.75) is 6.10 Å². The van der Waals surface area contributed by atoms with E-state index in [9.17, 15) is 4.79 Å². The second kappa shape index (κ2) is 4.46. The molecule has 2 heterocycles. The van der Waals surface area contributed by atoms with Gasteiger partial charge in [-0.25, -0.2) is 0 Å². The van der Waals surface area contributed by atoms with Crippen LogP contribution in [0.4, 0.5) is 0 Å². The molecule has 110 valence electrons. The fourth-order valence-electron chi connectivity index (χ4n) is 3.24. The minimum Gasteiger partial charge on any atom is -0.489 e. The van der Waals surface area contributed by atoms with Crippen LogP contribution < -0.4 is 5.43 Å². The largest absolute Gasteiger partial charge is 0.489 e. The van der Waals surface area contributed by atoms with Gasteiger partial charge in [-0.1, -0.05) is 24.3 Å². The first kappa shape index (κ1) is 12.5. The fourth-order valence-corrected chi connectivity index (χ4v) is 3.24. The molecule has 0 N–H and O–H groups in total. The third-order valence-corrected chi connectivity index (χ3v) is 4.38. The van der Waals surface area contributed by atoms with Crippen LogP contribution in [0.1, 0.15) is 11.3 Å². The maximum Gasteiger partial charge on any atom is 0.200 e. The van der Waals surface area contributed by atoms with Gasteiger partial charge in [0.15, 0.2) is 0 Å². The summed E-state index contributed by atoms with van der Waals surface area (Å²) in [5, 5.41) is 2.70. The van der Waals surface area contributed by atoms with E-state index in [0.717, 1.165) is 16.3 Å². The molecule has 3 heteroatoms. The molecule has 3 nitrogen and oxygen atoms in total. The Morgan fingerprint density at radius 3 is 2.74 bits per heavy atom. The first-order valence-electron chi connectivity index (χ1n) is 7.52. The highest BCUT2D eigenvalue weighted by atomic mass is 16.5. The number of hydrogen-bond donors (Lipinski definition) is 0. The van der Waals surface area contributed by atoms with Crippen molar-refractivity contribution in [3.8, 4) is 0 Å². The van der Waals surface area contributed by atoms with Gasteiger partial charge >= 0.3 is 0 Å². The molecular formula is C20H12O3. The van der Waals surface area contributed by atoms with E-state index in [2.05, 4.69) is 0 Å². The fraction of sp³-hybridized carbons (Fsp3) is 0.0500. The number of benzene rings is 2. The van der Waals surface area contributed by atoms with Gasteiger partial charge < -0.3 is 9.15 Å².